The highest BCUT2D eigenvalue weighted by Gasteiger charge is 2.65. The Kier molecular flexibility index (Phi) is 41.7. The van der Waals surface area contributed by atoms with Crippen LogP contribution in [0, 0.1) is 0 Å². The lowest BCUT2D eigenvalue weighted by atomic mass is 9.88. The first-order valence-corrected chi connectivity index (χ1v) is 45.1. The van der Waals surface area contributed by atoms with Gasteiger partial charge in [-0.05, 0) is 6.92 Å². The lowest BCUT2D eigenvalue weighted by molar-refractivity contribution is -0.399. The Morgan fingerprint density at radius 2 is 0.620 bits per heavy atom. The predicted octanol–water partition coefficient (Wildman–Crippen LogP) is -24.0. The number of aliphatic hydroxyl groups is 30. The molecule has 142 heavy (non-hydrogen) atoms. The number of carboxylic acid groups (broad SMARTS) is 1. The molecule has 0 aromatic carbocycles. The van der Waals surface area contributed by atoms with Crippen molar-refractivity contribution >= 4 is 35.5 Å². The molecule has 1 unspecified atom stereocenters. The molecule has 5 amide bonds. The molecule has 0 spiro atoms. The molecule has 11 aliphatic heterocycles. The molecule has 63 heteroatoms. The Balaban J connectivity index is 0.914. The third-order valence-corrected chi connectivity index (χ3v) is 25.9. The van der Waals surface area contributed by atoms with E-state index in [1.165, 1.54) is 6.92 Å². The molecule has 11 fully saturated rings. The number of aliphatic carboxylic acids is 1. The summed E-state index contributed by atoms with van der Waals surface area (Å²) in [5, 5.41) is 361. The van der Waals surface area contributed by atoms with Crippen LogP contribution in [0.1, 0.15) is 48.0 Å². The number of hydrogen-bond donors (Lipinski definition) is 36. The number of carboxylic acids is 1. The average Bonchev–Trinajstić information content (AvgIpc) is 0.750. The van der Waals surface area contributed by atoms with Gasteiger partial charge in [-0.2, -0.15) is 0 Å². The summed E-state index contributed by atoms with van der Waals surface area (Å²) in [6.45, 7) is -6.14. The number of nitrogens with one attached hydrogen (secondary N) is 5. The molecule has 11 aliphatic rings. The molecule has 11 rings (SSSR count). The molecule has 0 bridgehead atoms. The van der Waals surface area contributed by atoms with Crippen LogP contribution in [0.15, 0.2) is 0 Å². The molecule has 63 nitrogen and oxygen atoms in total. The maximum Gasteiger partial charge on any atom is 0.364 e. The number of hydrogen-bond acceptors (Lipinski definition) is 57. The van der Waals surface area contributed by atoms with Crippen LogP contribution < -0.4 is 26.6 Å². The first-order valence-electron chi connectivity index (χ1n) is 45.1. The highest BCUT2D eigenvalue weighted by atomic mass is 16.8. The summed E-state index contributed by atoms with van der Waals surface area (Å²) < 4.78 is 125. The van der Waals surface area contributed by atoms with E-state index in [9.17, 15) is 187 Å². The lowest BCUT2D eigenvalue weighted by Gasteiger charge is -2.51. The molecule has 0 saturated carbocycles. The Bertz CT molecular complexity index is 4010. The van der Waals surface area contributed by atoms with Gasteiger partial charge < -0.3 is 284 Å². The number of amides is 5. The van der Waals surface area contributed by atoms with Crippen LogP contribution in [0.2, 0.25) is 0 Å². The monoisotopic (exact) mass is 2080 g/mol. The van der Waals surface area contributed by atoms with E-state index in [-0.39, 0.29) is 0 Å². The zero-order valence-electron chi connectivity index (χ0n) is 76.4. The second-order valence-electron chi connectivity index (χ2n) is 36.0. The first-order chi connectivity index (χ1) is 67.0. The topological polar surface area (TPSA) is 984 Å². The molecule has 0 aromatic rings. The molecular formula is C79H131N5O58. The van der Waals surface area contributed by atoms with Crippen molar-refractivity contribution in [3.63, 3.8) is 0 Å². The summed E-state index contributed by atoms with van der Waals surface area (Å²) in [7, 11) is 0. The zero-order chi connectivity index (χ0) is 105. The van der Waals surface area contributed by atoms with E-state index < -0.39 is 451 Å². The number of carbonyl (C=O) groups excluding carboxylic acids is 5. The average molecular weight is 2080 g/mol. The number of aliphatic hydroxyl groups excluding tert-OH is 30. The lowest BCUT2D eigenvalue weighted by Crippen LogP contribution is -2.71. The van der Waals surface area contributed by atoms with Gasteiger partial charge in [0.15, 0.2) is 62.9 Å². The molecule has 36 N–H and O–H groups in total. The van der Waals surface area contributed by atoms with Crippen LogP contribution in [0.5, 0.6) is 0 Å². The van der Waals surface area contributed by atoms with E-state index >= 15 is 0 Å². The van der Waals surface area contributed by atoms with Crippen molar-refractivity contribution in [1.82, 2.24) is 26.6 Å². The SMILES string of the molecule is CC(=O)N[C@@H]1[C@@H](O)[C@H](O[C@@H]2O[C@H](CO)[C@@H](O[C@@H]3O[C@H](CO[C@@H]4O[C@H](CO)[C@@H](O)[C@H](O)[C@@H]4O[C@@H]4O[C@H](CO)[C@@H](O[C@@H]5O[C@H](CO)[C@H](O)[C@H](OC6(C(=O)O)C[C@H](O)[C@@H](NC(C)=O)[C@H]([C@H](O)[C@H](O)CO)O6)[C@H]5O)[C@H](O)[C@H]4NC(C)=O)[C@@H](O)[C@H](O[C@@H]4O[C@H](CO)[C@@H](O)[C@H](O)[C@@H]4O[C@@H]4O[C@H](CO)[C@@H](O[C@@H]5O[C@H](CO)[C@H](O)[C@H](O)[C@H]5O)[C@H](O)[C@H]4NC(C)=O)[C@@H]3O)[C@H](O)[C@H]2NC(C)=O)[C@@H](CO[C@@H]2O[C@@H](C)[C@@H](O)[C@@H](O)[C@@H]2O)O[C@H]1O. The molecule has 11 saturated heterocycles. The highest BCUT2D eigenvalue weighted by molar-refractivity contribution is 5.77. The summed E-state index contributed by atoms with van der Waals surface area (Å²) >= 11 is 0. The van der Waals surface area contributed by atoms with Gasteiger partial charge in [0.05, 0.1) is 84.3 Å². The van der Waals surface area contributed by atoms with Gasteiger partial charge in [0.25, 0.3) is 5.79 Å². The van der Waals surface area contributed by atoms with Gasteiger partial charge in [-0.25, -0.2) is 4.79 Å². The fourth-order valence-electron chi connectivity index (χ4n) is 18.4. The molecular weight excluding hydrogens is 1950 g/mol. The van der Waals surface area contributed by atoms with E-state index in [2.05, 4.69) is 26.6 Å². The zero-order valence-corrected chi connectivity index (χ0v) is 76.4. The molecule has 0 aliphatic carbocycles. The Morgan fingerprint density at radius 3 is 1.06 bits per heavy atom. The maximum absolute atomic E-state index is 13.4. The highest BCUT2D eigenvalue weighted by Crippen LogP contribution is 2.44. The van der Waals surface area contributed by atoms with Gasteiger partial charge in [-0.3, -0.25) is 24.0 Å². The van der Waals surface area contributed by atoms with E-state index in [0.717, 1.165) is 34.6 Å². The van der Waals surface area contributed by atoms with E-state index in [4.69, 9.17) is 99.5 Å². The Morgan fingerprint density at radius 1 is 0.303 bits per heavy atom. The standard InChI is InChI=1S/C79H131N5O58/c1-18-40(100)51(111)55(115)72(124-18)122-17-34-62(47(107)36(68(119)125-34)81-20(3)94)134-69-37(82-21(4)95)48(108)60(31(14-91)130-69)136-74-57(117)64(138-77-67(54(114)44(104)28(11-88)129-77)140-71-39(84-23(6)97)49(109)59(30(13-90)132-71)135-73-56(116)52(112)42(102)26(9-86)126-73)46(106)33(133-74)16-123-76-66(53(113)43(103)27(10-87)128-76)139-70-38(83-22(5)96)50(110)61(32(15-92)131-70)137-75-58(118)65(45(105)29(12-89)127-75)142-79(78(120)121)7-24(98)35(80-19(2)93)63(141-79)41(101)25(99)8-85/h18,24-77,85-92,98-119H,7-17H2,1-6H3,(H,80,93)(H,81,94)(H,82,95)(H,83,96)(H,84,97)(H,120,121)/t18-,24-,25+,26+,27+,28+,29+,30+,31+,32+,33+,34+,35+,36+,37+,38+,39+,40+,41+,42-,43+,44+,45-,46+,47+,48+,49+,50+,51+,52-,53-,54-,55-,56+,57-,58+,59+,60+,61+,62+,63+,64-,65-,66-,67-,68+,69-,70-,71-,72+,73-,74-,75-,76+,77-,79?/m0/s1. The minimum atomic E-state index is -3.33. The van der Waals surface area contributed by atoms with Crippen LogP contribution in [0.4, 0.5) is 0 Å². The minimum Gasteiger partial charge on any atom is -0.477 e. The molecule has 820 valence electrons. The van der Waals surface area contributed by atoms with Gasteiger partial charge in [0.2, 0.25) is 29.5 Å². The van der Waals surface area contributed by atoms with Crippen molar-refractivity contribution in [3.05, 3.63) is 0 Å². The minimum absolute atomic E-state index is 0.857. The van der Waals surface area contributed by atoms with Crippen molar-refractivity contribution in [2.24, 2.45) is 0 Å². The number of rotatable bonds is 38. The summed E-state index contributed by atoms with van der Waals surface area (Å²) in [4.78, 5) is 77.9. The van der Waals surface area contributed by atoms with E-state index in [0.29, 0.717) is 0 Å². The Labute approximate surface area is 803 Å². The fraction of sp³-hybridized carbons (Fsp3) is 0.924. The molecule has 0 radical (unpaired) electrons. The van der Waals surface area contributed by atoms with Gasteiger partial charge >= 0.3 is 5.97 Å². The number of ether oxygens (including phenoxy) is 21. The van der Waals surface area contributed by atoms with Crippen molar-refractivity contribution in [1.29, 1.82) is 0 Å². The predicted molar refractivity (Wildman–Crippen MR) is 436 cm³/mol. The quantitative estimate of drug-likeness (QED) is 0.0273. The van der Waals surface area contributed by atoms with Crippen molar-refractivity contribution in [2.75, 3.05) is 66.1 Å². The molecule has 56 atom stereocenters. The van der Waals surface area contributed by atoms with Crippen LogP contribution >= 0.6 is 0 Å². The summed E-state index contributed by atoms with van der Waals surface area (Å²) in [5.41, 5.74) is 0. The third kappa shape index (κ3) is 25.8. The van der Waals surface area contributed by atoms with Crippen molar-refractivity contribution in [3.8, 4) is 0 Å². The van der Waals surface area contributed by atoms with Crippen LogP contribution in [0.25, 0.3) is 0 Å². The second-order valence-corrected chi connectivity index (χ2v) is 36.0. The second kappa shape index (κ2) is 50.6. The summed E-state index contributed by atoms with van der Waals surface area (Å²) in [6.07, 6.45) is -111. The van der Waals surface area contributed by atoms with E-state index in [1.807, 2.05) is 0 Å². The Hall–Kier alpha value is -5.22. The van der Waals surface area contributed by atoms with Crippen LogP contribution in [-0.4, -0.2) is 603 Å². The third-order valence-electron chi connectivity index (χ3n) is 25.9. The van der Waals surface area contributed by atoms with Gasteiger partial charge in [-0.15, -0.1) is 0 Å². The largest absolute Gasteiger partial charge is 0.477 e. The number of carbonyl (C=O) groups is 6. The van der Waals surface area contributed by atoms with Gasteiger partial charge in [0, 0.05) is 41.0 Å². The van der Waals surface area contributed by atoms with E-state index in [1.54, 1.807) is 0 Å². The molecule has 11 heterocycles. The van der Waals surface area contributed by atoms with Crippen LogP contribution in [-0.2, 0) is 128 Å². The van der Waals surface area contributed by atoms with Crippen LogP contribution in [0.3, 0.4) is 0 Å². The smallest absolute Gasteiger partial charge is 0.364 e. The van der Waals surface area contributed by atoms with Gasteiger partial charge in [-0.1, -0.05) is 0 Å². The molecule has 0 aromatic heterocycles. The maximum atomic E-state index is 13.4. The summed E-state index contributed by atoms with van der Waals surface area (Å²) in [5.74, 6) is -10.4. The summed E-state index contributed by atoms with van der Waals surface area (Å²) in [6, 6.07) is -9.81. The normalized spacial score (nSPS) is 48.0. The van der Waals surface area contributed by atoms with Crippen molar-refractivity contribution in [2.45, 2.75) is 391 Å². The fourth-order valence-corrected chi connectivity index (χ4v) is 18.4. The van der Waals surface area contributed by atoms with Crippen molar-refractivity contribution < 1.29 is 287 Å². The van der Waals surface area contributed by atoms with Gasteiger partial charge in [0.1, 0.15) is 256 Å². The first kappa shape index (κ1) is 117.